The Morgan fingerprint density at radius 2 is 1.52 bits per heavy atom. The van der Waals surface area contributed by atoms with Crippen molar-refractivity contribution in [3.05, 3.63) is 119 Å². The molecule has 1 atom stereocenters. The Hall–Kier alpha value is -3.99. The third-order valence-electron chi connectivity index (χ3n) is 7.58. The van der Waals surface area contributed by atoms with Gasteiger partial charge < -0.3 is 15.0 Å². The number of carbonyl (C=O) groups is 2. The van der Waals surface area contributed by atoms with Crippen molar-refractivity contribution in [3.63, 3.8) is 0 Å². The fraction of sp³-hybridized carbons (Fsp3) is 0.297. The summed E-state index contributed by atoms with van der Waals surface area (Å²) >= 11 is 7.67. The normalized spacial score (nSPS) is 12.0. The van der Waals surface area contributed by atoms with Gasteiger partial charge in [-0.15, -0.1) is 11.8 Å². The molecule has 254 valence electrons. The first-order valence-electron chi connectivity index (χ1n) is 15.8. The van der Waals surface area contributed by atoms with Crippen LogP contribution in [0.25, 0.3) is 0 Å². The fourth-order valence-corrected chi connectivity index (χ4v) is 7.05. The van der Waals surface area contributed by atoms with Gasteiger partial charge in [0, 0.05) is 29.4 Å². The third kappa shape index (κ3) is 9.78. The van der Waals surface area contributed by atoms with Crippen molar-refractivity contribution in [1.82, 2.24) is 10.2 Å². The van der Waals surface area contributed by atoms with Crippen LogP contribution in [-0.4, -0.2) is 57.1 Å². The van der Waals surface area contributed by atoms with E-state index in [2.05, 4.69) is 5.32 Å². The lowest BCUT2D eigenvalue weighted by atomic mass is 10.0. The molecule has 0 aliphatic heterocycles. The second-order valence-corrected chi connectivity index (χ2v) is 14.8. The van der Waals surface area contributed by atoms with Crippen LogP contribution >= 0.6 is 23.4 Å². The van der Waals surface area contributed by atoms with E-state index in [-0.39, 0.29) is 35.4 Å². The van der Waals surface area contributed by atoms with Crippen LogP contribution in [0.2, 0.25) is 5.02 Å². The predicted molar refractivity (Wildman–Crippen MR) is 194 cm³/mol. The van der Waals surface area contributed by atoms with E-state index in [4.69, 9.17) is 16.3 Å². The van der Waals surface area contributed by atoms with Gasteiger partial charge in [-0.25, -0.2) is 8.42 Å². The molecule has 11 heteroatoms. The molecule has 0 radical (unpaired) electrons. The molecule has 48 heavy (non-hydrogen) atoms. The van der Waals surface area contributed by atoms with E-state index >= 15 is 0 Å². The topological polar surface area (TPSA) is 96.0 Å². The van der Waals surface area contributed by atoms with E-state index in [9.17, 15) is 18.0 Å². The van der Waals surface area contributed by atoms with Crippen molar-refractivity contribution in [3.8, 4) is 5.75 Å². The highest BCUT2D eigenvalue weighted by atomic mass is 35.5. The summed E-state index contributed by atoms with van der Waals surface area (Å²) in [5.74, 6) is -0.385. The Kier molecular flexibility index (Phi) is 13.4. The van der Waals surface area contributed by atoms with Crippen LogP contribution < -0.4 is 14.4 Å². The minimum absolute atomic E-state index is 0.0270. The number of anilines is 1. The molecule has 4 aromatic rings. The van der Waals surface area contributed by atoms with Crippen LogP contribution in [0.5, 0.6) is 5.75 Å². The Balaban J connectivity index is 1.83. The fourth-order valence-electron chi connectivity index (χ4n) is 5.09. The van der Waals surface area contributed by atoms with Crippen molar-refractivity contribution in [2.45, 2.75) is 49.6 Å². The van der Waals surface area contributed by atoms with E-state index < -0.39 is 28.5 Å². The number of amides is 2. The molecule has 4 rings (SSSR count). The monoisotopic (exact) mass is 707 g/mol. The predicted octanol–water partition coefficient (Wildman–Crippen LogP) is 7.07. The number of thioether (sulfide) groups is 1. The zero-order valence-corrected chi connectivity index (χ0v) is 30.0. The van der Waals surface area contributed by atoms with E-state index in [0.717, 1.165) is 20.3 Å². The molecule has 0 bridgehead atoms. The second-order valence-electron chi connectivity index (χ2n) is 11.6. The van der Waals surface area contributed by atoms with E-state index in [1.165, 1.54) is 28.8 Å². The molecule has 0 fully saturated rings. The number of ether oxygens (including phenoxy) is 1. The lowest BCUT2D eigenvalue weighted by molar-refractivity contribution is -0.140. The van der Waals surface area contributed by atoms with Crippen molar-refractivity contribution in [2.75, 3.05) is 30.3 Å². The highest BCUT2D eigenvalue weighted by Crippen LogP contribution is 2.33. The first-order valence-corrected chi connectivity index (χ1v) is 18.8. The molecule has 0 aromatic heterocycles. The molecule has 0 heterocycles. The molecular formula is C37H42ClN3O5S2. The number of carbonyl (C=O) groups excluding carboxylic acids is 2. The van der Waals surface area contributed by atoms with Gasteiger partial charge in [-0.2, -0.15) is 0 Å². The summed E-state index contributed by atoms with van der Waals surface area (Å²) in [6, 6.07) is 28.8. The molecule has 0 aliphatic carbocycles. The second kappa shape index (κ2) is 17.4. The molecule has 1 unspecified atom stereocenters. The van der Waals surface area contributed by atoms with Gasteiger partial charge in [0.05, 0.1) is 17.2 Å². The van der Waals surface area contributed by atoms with Crippen LogP contribution in [0.3, 0.4) is 0 Å². The van der Waals surface area contributed by atoms with Crippen LogP contribution in [0.15, 0.2) is 113 Å². The van der Waals surface area contributed by atoms with Crippen molar-refractivity contribution < 1.29 is 22.7 Å². The number of hydrogen-bond acceptors (Lipinski definition) is 6. The van der Waals surface area contributed by atoms with Crippen LogP contribution in [0.4, 0.5) is 5.69 Å². The molecule has 0 aliphatic rings. The molecule has 0 spiro atoms. The highest BCUT2D eigenvalue weighted by molar-refractivity contribution is 7.98. The average molecular weight is 708 g/mol. The van der Waals surface area contributed by atoms with Gasteiger partial charge in [0.15, 0.2) is 0 Å². The third-order valence-corrected chi connectivity index (χ3v) is 10.4. The molecule has 4 aromatic carbocycles. The molecule has 2 amide bonds. The summed E-state index contributed by atoms with van der Waals surface area (Å²) in [4.78, 5) is 31.0. The molecule has 0 saturated carbocycles. The summed E-state index contributed by atoms with van der Waals surface area (Å²) < 4.78 is 35.7. The quantitative estimate of drug-likeness (QED) is 0.125. The maximum atomic E-state index is 14.7. The SMILES string of the molecule is CCOc1ccccc1N(CC(=O)N(Cc1ccc(Cl)cc1)C(Cc1ccccc1)C(=O)NCC(C)C)S(=O)(=O)c1ccc(SC)cc1. The van der Waals surface area contributed by atoms with E-state index in [1.807, 2.05) is 50.4 Å². The number of benzene rings is 4. The number of nitrogens with one attached hydrogen (secondary N) is 1. The summed E-state index contributed by atoms with van der Waals surface area (Å²) in [6.07, 6.45) is 2.13. The number of halogens is 1. The highest BCUT2D eigenvalue weighted by Gasteiger charge is 2.35. The van der Waals surface area contributed by atoms with E-state index in [0.29, 0.717) is 23.9 Å². The van der Waals surface area contributed by atoms with Gasteiger partial charge in [0.1, 0.15) is 18.3 Å². The van der Waals surface area contributed by atoms with Gasteiger partial charge in [0.2, 0.25) is 11.8 Å². The number of nitrogens with zero attached hydrogens (tertiary/aromatic N) is 2. The lowest BCUT2D eigenvalue weighted by Crippen LogP contribution is -2.53. The first kappa shape index (κ1) is 36.8. The average Bonchev–Trinajstić information content (AvgIpc) is 3.09. The number of para-hydroxylation sites is 2. The largest absolute Gasteiger partial charge is 0.492 e. The molecular weight excluding hydrogens is 666 g/mol. The lowest BCUT2D eigenvalue weighted by Gasteiger charge is -2.34. The van der Waals surface area contributed by atoms with Crippen molar-refractivity contribution in [2.24, 2.45) is 5.92 Å². The van der Waals surface area contributed by atoms with Crippen LogP contribution in [0, 0.1) is 5.92 Å². The summed E-state index contributed by atoms with van der Waals surface area (Å²) in [5.41, 5.74) is 1.81. The molecule has 0 saturated heterocycles. The van der Waals surface area contributed by atoms with Crippen LogP contribution in [0.1, 0.15) is 31.9 Å². The molecule has 1 N–H and O–H groups in total. The summed E-state index contributed by atoms with van der Waals surface area (Å²) in [5, 5.41) is 3.53. The maximum absolute atomic E-state index is 14.7. The summed E-state index contributed by atoms with van der Waals surface area (Å²) in [7, 11) is -4.27. The van der Waals surface area contributed by atoms with Crippen LogP contribution in [-0.2, 0) is 32.6 Å². The minimum atomic E-state index is -4.27. The maximum Gasteiger partial charge on any atom is 0.264 e. The zero-order valence-electron chi connectivity index (χ0n) is 27.6. The molecule has 8 nitrogen and oxygen atoms in total. The van der Waals surface area contributed by atoms with Crippen molar-refractivity contribution >= 4 is 50.9 Å². The Morgan fingerprint density at radius 1 is 0.875 bits per heavy atom. The Bertz CT molecular complexity index is 1750. The zero-order chi connectivity index (χ0) is 34.7. The van der Waals surface area contributed by atoms with Crippen molar-refractivity contribution in [1.29, 1.82) is 0 Å². The van der Waals surface area contributed by atoms with Gasteiger partial charge in [-0.05, 0) is 78.8 Å². The van der Waals surface area contributed by atoms with E-state index in [1.54, 1.807) is 67.6 Å². The minimum Gasteiger partial charge on any atom is -0.492 e. The number of hydrogen-bond donors (Lipinski definition) is 1. The Labute approximate surface area is 293 Å². The van der Waals surface area contributed by atoms with Gasteiger partial charge >= 0.3 is 0 Å². The summed E-state index contributed by atoms with van der Waals surface area (Å²) in [6.45, 7) is 5.97. The number of rotatable bonds is 16. The first-order chi connectivity index (χ1) is 23.0. The van der Waals surface area contributed by atoms with Gasteiger partial charge in [-0.1, -0.05) is 80.0 Å². The van der Waals surface area contributed by atoms with Gasteiger partial charge in [0.25, 0.3) is 10.0 Å². The van der Waals surface area contributed by atoms with Gasteiger partial charge in [-0.3, -0.25) is 13.9 Å². The number of sulfonamides is 1. The smallest absolute Gasteiger partial charge is 0.264 e. The Morgan fingerprint density at radius 3 is 2.15 bits per heavy atom. The standard InChI is InChI=1S/C37H42ClN3O5S2/c1-5-46-35-14-10-9-13-33(35)41(48(44,45)32-21-19-31(47-4)20-22-32)26-36(42)40(25-29-15-17-30(38)18-16-29)34(37(43)39-24-27(2)3)23-28-11-7-6-8-12-28/h6-22,27,34H,5,23-26H2,1-4H3,(H,39,43).